The Hall–Kier alpha value is -4.24. The Morgan fingerprint density at radius 3 is 1.85 bits per heavy atom. The third-order valence-electron chi connectivity index (χ3n) is 8.92. The molecule has 0 bridgehead atoms. The zero-order valence-corrected chi connectivity index (χ0v) is 22.5. The van der Waals surface area contributed by atoms with Gasteiger partial charge >= 0.3 is 0 Å². The van der Waals surface area contributed by atoms with Gasteiger partial charge in [-0.05, 0) is 98.2 Å². The fourth-order valence-electron chi connectivity index (χ4n) is 7.26. The number of aryl methyl sites for hydroxylation is 2. The minimum absolute atomic E-state index is 0.916. The van der Waals surface area contributed by atoms with Crippen LogP contribution in [0.5, 0.6) is 0 Å². The van der Waals surface area contributed by atoms with E-state index < -0.39 is 0 Å². The van der Waals surface area contributed by atoms with Crippen LogP contribution in [0.15, 0.2) is 97.1 Å². The molecular weight excluding hydrogens is 474 g/mol. The van der Waals surface area contributed by atoms with Crippen molar-refractivity contribution in [3.8, 4) is 11.4 Å². The molecule has 2 aromatic heterocycles. The van der Waals surface area contributed by atoms with Crippen molar-refractivity contribution in [2.75, 3.05) is 11.4 Å². The molecule has 4 aromatic carbocycles. The molecule has 192 valence electrons. The van der Waals surface area contributed by atoms with Crippen molar-refractivity contribution < 1.29 is 0 Å². The van der Waals surface area contributed by atoms with Crippen LogP contribution in [-0.4, -0.2) is 15.7 Å². The summed E-state index contributed by atoms with van der Waals surface area (Å²) in [5.41, 5.74) is 13.8. The molecule has 0 N–H and O–H groups in total. The summed E-state index contributed by atoms with van der Waals surface area (Å²) in [7, 11) is 0. The van der Waals surface area contributed by atoms with Gasteiger partial charge in [0.25, 0.3) is 0 Å². The maximum Gasteiger partial charge on any atom is 0.0588 e. The SMILES string of the molecule is Cc1cc(-n2c3c(c4ccccc42)CCCC3)cc(-n2c3c(c4ccccc42)CCN(c2ccccc2)C3)c1. The molecule has 0 atom stereocenters. The molecule has 2 aliphatic rings. The van der Waals surface area contributed by atoms with E-state index in [4.69, 9.17) is 0 Å². The van der Waals surface area contributed by atoms with E-state index >= 15 is 0 Å². The zero-order valence-electron chi connectivity index (χ0n) is 22.5. The number of hydrogen-bond acceptors (Lipinski definition) is 1. The van der Waals surface area contributed by atoms with E-state index in [0.29, 0.717) is 0 Å². The summed E-state index contributed by atoms with van der Waals surface area (Å²) in [5, 5.41) is 2.82. The van der Waals surface area contributed by atoms with Gasteiger partial charge in [-0.25, -0.2) is 0 Å². The maximum absolute atomic E-state index is 2.56. The second kappa shape index (κ2) is 8.91. The number of hydrogen-bond donors (Lipinski definition) is 0. The Labute approximate surface area is 229 Å². The van der Waals surface area contributed by atoms with Crippen molar-refractivity contribution in [3.05, 3.63) is 125 Å². The fraction of sp³-hybridized carbons (Fsp3) is 0.222. The van der Waals surface area contributed by atoms with Crippen LogP contribution in [-0.2, 0) is 25.8 Å². The molecule has 0 saturated heterocycles. The Morgan fingerprint density at radius 2 is 1.13 bits per heavy atom. The molecule has 3 nitrogen and oxygen atoms in total. The first-order valence-corrected chi connectivity index (χ1v) is 14.4. The van der Waals surface area contributed by atoms with Gasteiger partial charge in [0.05, 0.1) is 17.6 Å². The van der Waals surface area contributed by atoms with Crippen LogP contribution in [0.25, 0.3) is 33.2 Å². The standard InChI is InChI=1S/C36H33N3/c1-25-21-27(38-33-16-8-5-13-29(33)30-14-6-9-17-34(30)38)23-28(22-25)39-35-18-10-7-15-31(35)32-19-20-37(24-36(32)39)26-11-3-2-4-12-26/h2-5,7-8,10-13,15-16,18,21-23H,6,9,14,17,19-20,24H2,1H3. The predicted octanol–water partition coefficient (Wildman–Crippen LogP) is 8.32. The van der Waals surface area contributed by atoms with E-state index in [9.17, 15) is 0 Å². The summed E-state index contributed by atoms with van der Waals surface area (Å²) in [5.74, 6) is 0. The molecular formula is C36H33N3. The average molecular weight is 508 g/mol. The number of nitrogens with zero attached hydrogens (tertiary/aromatic N) is 3. The third-order valence-corrected chi connectivity index (χ3v) is 8.92. The summed E-state index contributed by atoms with van der Waals surface area (Å²) in [6.07, 6.45) is 5.96. The third kappa shape index (κ3) is 3.56. The van der Waals surface area contributed by atoms with Gasteiger partial charge in [-0.3, -0.25) is 0 Å². The molecule has 0 unspecified atom stereocenters. The Balaban J connectivity index is 1.34. The smallest absolute Gasteiger partial charge is 0.0588 e. The highest BCUT2D eigenvalue weighted by molar-refractivity contribution is 5.89. The van der Waals surface area contributed by atoms with E-state index in [1.54, 1.807) is 5.56 Å². The van der Waals surface area contributed by atoms with E-state index in [-0.39, 0.29) is 0 Å². The quantitative estimate of drug-likeness (QED) is 0.235. The molecule has 3 heteroatoms. The van der Waals surface area contributed by atoms with Crippen molar-refractivity contribution in [1.29, 1.82) is 0 Å². The molecule has 6 aromatic rings. The van der Waals surface area contributed by atoms with Gasteiger partial charge in [0.15, 0.2) is 0 Å². The minimum atomic E-state index is 0.916. The molecule has 39 heavy (non-hydrogen) atoms. The average Bonchev–Trinajstić information content (AvgIpc) is 3.50. The van der Waals surface area contributed by atoms with Crippen molar-refractivity contribution >= 4 is 27.5 Å². The summed E-state index contributed by atoms with van der Waals surface area (Å²) in [6, 6.07) is 36.1. The lowest BCUT2D eigenvalue weighted by Crippen LogP contribution is -2.31. The Bertz CT molecular complexity index is 1850. The molecule has 8 rings (SSSR count). The van der Waals surface area contributed by atoms with Gasteiger partial charge in [-0.2, -0.15) is 0 Å². The fourth-order valence-corrected chi connectivity index (χ4v) is 7.26. The van der Waals surface area contributed by atoms with Crippen LogP contribution in [0.2, 0.25) is 0 Å². The largest absolute Gasteiger partial charge is 0.365 e. The van der Waals surface area contributed by atoms with Gasteiger partial charge in [-0.15, -0.1) is 0 Å². The highest BCUT2D eigenvalue weighted by atomic mass is 15.2. The predicted molar refractivity (Wildman–Crippen MR) is 163 cm³/mol. The van der Waals surface area contributed by atoms with Crippen LogP contribution < -0.4 is 4.90 Å². The van der Waals surface area contributed by atoms with Crippen molar-refractivity contribution in [2.24, 2.45) is 0 Å². The lowest BCUT2D eigenvalue weighted by atomic mass is 9.95. The topological polar surface area (TPSA) is 13.1 Å². The molecule has 0 fully saturated rings. The van der Waals surface area contributed by atoms with Crippen molar-refractivity contribution in [1.82, 2.24) is 9.13 Å². The van der Waals surface area contributed by atoms with Gasteiger partial charge in [0.1, 0.15) is 0 Å². The van der Waals surface area contributed by atoms with E-state index in [2.05, 4.69) is 118 Å². The van der Waals surface area contributed by atoms with E-state index in [1.807, 2.05) is 0 Å². The second-order valence-electron chi connectivity index (χ2n) is 11.3. The molecule has 0 spiro atoms. The first-order valence-electron chi connectivity index (χ1n) is 14.4. The number of rotatable bonds is 3. The molecule has 0 saturated carbocycles. The monoisotopic (exact) mass is 507 g/mol. The number of aromatic nitrogens is 2. The highest BCUT2D eigenvalue weighted by Gasteiger charge is 2.26. The summed E-state index contributed by atoms with van der Waals surface area (Å²) < 4.78 is 5.11. The summed E-state index contributed by atoms with van der Waals surface area (Å²) in [4.78, 5) is 2.53. The van der Waals surface area contributed by atoms with Crippen LogP contribution in [0, 0.1) is 6.92 Å². The van der Waals surface area contributed by atoms with Crippen LogP contribution in [0.1, 0.15) is 40.9 Å². The Kier molecular flexibility index (Phi) is 5.19. The van der Waals surface area contributed by atoms with Crippen molar-refractivity contribution in [3.63, 3.8) is 0 Å². The summed E-state index contributed by atoms with van der Waals surface area (Å²) >= 11 is 0. The first-order chi connectivity index (χ1) is 19.3. The molecule has 0 radical (unpaired) electrons. The molecule has 1 aliphatic carbocycles. The molecule has 1 aliphatic heterocycles. The second-order valence-corrected chi connectivity index (χ2v) is 11.3. The summed E-state index contributed by atoms with van der Waals surface area (Å²) in [6.45, 7) is 4.21. The van der Waals surface area contributed by atoms with Crippen molar-refractivity contribution in [2.45, 2.75) is 45.6 Å². The lowest BCUT2D eigenvalue weighted by molar-refractivity contribution is 0.666. The number of para-hydroxylation sites is 3. The zero-order chi connectivity index (χ0) is 25.9. The molecule has 0 amide bonds. The van der Waals surface area contributed by atoms with Gasteiger partial charge < -0.3 is 14.0 Å². The lowest BCUT2D eigenvalue weighted by Gasteiger charge is -2.30. The van der Waals surface area contributed by atoms with Gasteiger partial charge in [-0.1, -0.05) is 54.6 Å². The minimum Gasteiger partial charge on any atom is -0.365 e. The molecule has 3 heterocycles. The normalized spacial score (nSPS) is 15.1. The van der Waals surface area contributed by atoms with Crippen LogP contribution >= 0.6 is 0 Å². The maximum atomic E-state index is 2.56. The number of anilines is 1. The Morgan fingerprint density at radius 1 is 0.538 bits per heavy atom. The van der Waals surface area contributed by atoms with Gasteiger partial charge in [0.2, 0.25) is 0 Å². The number of benzene rings is 4. The van der Waals surface area contributed by atoms with Gasteiger partial charge in [0, 0.05) is 45.8 Å². The van der Waals surface area contributed by atoms with Crippen LogP contribution in [0.4, 0.5) is 5.69 Å². The van der Waals surface area contributed by atoms with Crippen LogP contribution in [0.3, 0.4) is 0 Å². The van der Waals surface area contributed by atoms with E-state index in [0.717, 1.165) is 25.9 Å². The highest BCUT2D eigenvalue weighted by Crippen LogP contribution is 2.38. The first kappa shape index (κ1) is 22.7. The number of fused-ring (bicyclic) bond motifs is 6. The van der Waals surface area contributed by atoms with E-state index in [1.165, 1.54) is 80.6 Å².